The lowest BCUT2D eigenvalue weighted by atomic mass is 10.1. The lowest BCUT2D eigenvalue weighted by molar-refractivity contribution is -0.115. The van der Waals surface area contributed by atoms with Gasteiger partial charge >= 0.3 is 6.09 Å². The molecule has 0 aromatic heterocycles. The van der Waals surface area contributed by atoms with E-state index in [9.17, 15) is 9.59 Å². The summed E-state index contributed by atoms with van der Waals surface area (Å²) in [5.41, 5.74) is -0.493. The molecule has 0 aromatic rings. The van der Waals surface area contributed by atoms with Gasteiger partial charge in [0.05, 0.1) is 0 Å². The molecule has 2 N–H and O–H groups in total. The fourth-order valence-corrected chi connectivity index (χ4v) is 1.05. The third kappa shape index (κ3) is 4.91. The molecule has 0 rings (SSSR count). The van der Waals surface area contributed by atoms with Crippen LogP contribution in [0.3, 0.4) is 0 Å². The highest BCUT2D eigenvalue weighted by molar-refractivity contribution is 5.92. The van der Waals surface area contributed by atoms with E-state index in [0.717, 1.165) is 0 Å². The first kappa shape index (κ1) is 13.3. The van der Waals surface area contributed by atoms with Crippen LogP contribution in [0.2, 0.25) is 0 Å². The topological polar surface area (TPSA) is 69.6 Å². The van der Waals surface area contributed by atoms with E-state index in [1.165, 1.54) is 4.90 Å². The van der Waals surface area contributed by atoms with E-state index >= 15 is 0 Å². The molecule has 0 spiro atoms. The first-order valence-corrected chi connectivity index (χ1v) is 4.54. The van der Waals surface area contributed by atoms with Gasteiger partial charge in [-0.15, -0.1) is 6.42 Å². The third-order valence-corrected chi connectivity index (χ3v) is 1.79. The zero-order valence-corrected chi connectivity index (χ0v) is 9.20. The van der Waals surface area contributed by atoms with Crippen molar-refractivity contribution in [1.82, 2.24) is 10.2 Å². The molecule has 0 aliphatic rings. The van der Waals surface area contributed by atoms with Crippen molar-refractivity contribution in [3.8, 4) is 12.3 Å². The molecular formula is C10H16N2O3. The van der Waals surface area contributed by atoms with E-state index in [0.29, 0.717) is 0 Å². The monoisotopic (exact) mass is 212 g/mol. The van der Waals surface area contributed by atoms with Crippen molar-refractivity contribution in [1.29, 1.82) is 0 Å². The van der Waals surface area contributed by atoms with Gasteiger partial charge in [-0.25, -0.2) is 4.79 Å². The molecule has 0 radical (unpaired) electrons. The van der Waals surface area contributed by atoms with Gasteiger partial charge in [-0.2, -0.15) is 0 Å². The second-order valence-corrected chi connectivity index (χ2v) is 4.01. The summed E-state index contributed by atoms with van der Waals surface area (Å²) in [5.74, 6) is 1.36. The third-order valence-electron chi connectivity index (χ3n) is 1.79. The van der Waals surface area contributed by atoms with Crippen LogP contribution in [0.4, 0.5) is 4.79 Å². The van der Waals surface area contributed by atoms with Crippen LogP contribution >= 0.6 is 0 Å². The second-order valence-electron chi connectivity index (χ2n) is 4.01. The predicted molar refractivity (Wildman–Crippen MR) is 56.3 cm³/mol. The van der Waals surface area contributed by atoms with Crippen molar-refractivity contribution in [2.45, 2.75) is 26.3 Å². The van der Waals surface area contributed by atoms with Gasteiger partial charge in [-0.1, -0.05) is 0 Å². The average Bonchev–Trinajstić information content (AvgIpc) is 2.09. The van der Waals surface area contributed by atoms with Crippen LogP contribution in [0.25, 0.3) is 0 Å². The highest BCUT2D eigenvalue weighted by Gasteiger charge is 2.25. The molecular weight excluding hydrogens is 196 g/mol. The highest BCUT2D eigenvalue weighted by Crippen LogP contribution is 2.12. The van der Waals surface area contributed by atoms with E-state index in [-0.39, 0.29) is 13.1 Å². The normalized spacial score (nSPS) is 10.3. The standard InChI is InChI=1S/C10H16N2O3/c1-5-8(13)11-6-7-12(9(14)15)10(2,3)4/h1H,6-7H2,2-4H3,(H,11,13)(H,14,15). The highest BCUT2D eigenvalue weighted by atomic mass is 16.4. The van der Waals surface area contributed by atoms with Crippen LogP contribution < -0.4 is 5.32 Å². The summed E-state index contributed by atoms with van der Waals surface area (Å²) < 4.78 is 0. The Labute approximate surface area is 89.4 Å². The van der Waals surface area contributed by atoms with Crippen LogP contribution in [0.1, 0.15) is 20.8 Å². The molecule has 0 saturated heterocycles. The number of nitrogens with one attached hydrogen (secondary N) is 1. The smallest absolute Gasteiger partial charge is 0.407 e. The quantitative estimate of drug-likeness (QED) is 0.670. The van der Waals surface area contributed by atoms with E-state index in [1.807, 2.05) is 5.92 Å². The van der Waals surface area contributed by atoms with Crippen molar-refractivity contribution in [3.63, 3.8) is 0 Å². The molecule has 15 heavy (non-hydrogen) atoms. The van der Waals surface area contributed by atoms with Crippen LogP contribution in [0.5, 0.6) is 0 Å². The zero-order chi connectivity index (χ0) is 12.1. The Morgan fingerprint density at radius 1 is 1.47 bits per heavy atom. The molecule has 0 heterocycles. The first-order valence-electron chi connectivity index (χ1n) is 4.54. The van der Waals surface area contributed by atoms with Crippen molar-refractivity contribution in [2.24, 2.45) is 0 Å². The van der Waals surface area contributed by atoms with Gasteiger partial charge < -0.3 is 15.3 Å². The fraction of sp³-hybridized carbons (Fsp3) is 0.600. The number of carboxylic acid groups (broad SMARTS) is 1. The average molecular weight is 212 g/mol. The zero-order valence-electron chi connectivity index (χ0n) is 9.20. The van der Waals surface area contributed by atoms with Gasteiger partial charge in [0.15, 0.2) is 0 Å². The number of amides is 2. The Balaban J connectivity index is 4.17. The number of hydrogen-bond acceptors (Lipinski definition) is 2. The fourth-order valence-electron chi connectivity index (χ4n) is 1.05. The maximum atomic E-state index is 10.9. The Bertz CT molecular complexity index is 286. The molecule has 0 bridgehead atoms. The summed E-state index contributed by atoms with van der Waals surface area (Å²) in [6.45, 7) is 5.78. The Hall–Kier alpha value is -1.70. The van der Waals surface area contributed by atoms with Gasteiger partial charge in [0.1, 0.15) is 0 Å². The summed E-state index contributed by atoms with van der Waals surface area (Å²) in [6, 6.07) is 0. The molecule has 0 aromatic carbocycles. The summed E-state index contributed by atoms with van der Waals surface area (Å²) in [6.07, 6.45) is 3.83. The summed E-state index contributed by atoms with van der Waals surface area (Å²) in [4.78, 5) is 22.8. The SMILES string of the molecule is C#CC(=O)NCCN(C(=O)O)C(C)(C)C. The summed E-state index contributed by atoms with van der Waals surface area (Å²) in [7, 11) is 0. The minimum absolute atomic E-state index is 0.215. The molecule has 5 nitrogen and oxygen atoms in total. The lowest BCUT2D eigenvalue weighted by Crippen LogP contribution is -2.48. The van der Waals surface area contributed by atoms with E-state index in [4.69, 9.17) is 11.5 Å². The molecule has 5 heteroatoms. The predicted octanol–water partition coefficient (Wildman–Crippen LogP) is 0.514. The summed E-state index contributed by atoms with van der Waals surface area (Å²) >= 11 is 0. The number of terminal acetylenes is 1. The van der Waals surface area contributed by atoms with Gasteiger partial charge in [-0.3, -0.25) is 4.79 Å². The van der Waals surface area contributed by atoms with Crippen molar-refractivity contribution in [2.75, 3.05) is 13.1 Å². The van der Waals surface area contributed by atoms with Crippen LogP contribution in [0.15, 0.2) is 0 Å². The maximum Gasteiger partial charge on any atom is 0.407 e. The Kier molecular flexibility index (Phi) is 4.65. The van der Waals surface area contributed by atoms with E-state index in [1.54, 1.807) is 20.8 Å². The van der Waals surface area contributed by atoms with E-state index in [2.05, 4.69) is 5.32 Å². The maximum absolute atomic E-state index is 10.9. The molecule has 0 unspecified atom stereocenters. The number of carbonyl (C=O) groups is 2. The number of rotatable bonds is 3. The molecule has 2 amide bonds. The first-order chi connectivity index (χ1) is 6.79. The number of hydrogen-bond donors (Lipinski definition) is 2. The number of carbonyl (C=O) groups excluding carboxylic acids is 1. The van der Waals surface area contributed by atoms with Crippen molar-refractivity contribution < 1.29 is 14.7 Å². The Morgan fingerprint density at radius 3 is 2.33 bits per heavy atom. The van der Waals surface area contributed by atoms with Crippen LogP contribution in [-0.2, 0) is 4.79 Å². The molecule has 84 valence electrons. The van der Waals surface area contributed by atoms with Crippen molar-refractivity contribution >= 4 is 12.0 Å². The minimum atomic E-state index is -1.02. The van der Waals surface area contributed by atoms with E-state index < -0.39 is 17.5 Å². The molecule has 0 saturated carbocycles. The lowest BCUT2D eigenvalue weighted by Gasteiger charge is -2.33. The molecule has 0 atom stereocenters. The molecule has 0 aliphatic heterocycles. The summed E-state index contributed by atoms with van der Waals surface area (Å²) in [5, 5.41) is 11.3. The second kappa shape index (κ2) is 5.25. The minimum Gasteiger partial charge on any atom is -0.465 e. The van der Waals surface area contributed by atoms with Gasteiger partial charge in [0, 0.05) is 18.6 Å². The molecule has 0 fully saturated rings. The largest absolute Gasteiger partial charge is 0.465 e. The molecule has 0 aliphatic carbocycles. The van der Waals surface area contributed by atoms with Crippen LogP contribution in [0, 0.1) is 12.3 Å². The van der Waals surface area contributed by atoms with Crippen molar-refractivity contribution in [3.05, 3.63) is 0 Å². The number of nitrogens with zero attached hydrogens (tertiary/aromatic N) is 1. The van der Waals surface area contributed by atoms with Gasteiger partial charge in [0.2, 0.25) is 0 Å². The Morgan fingerprint density at radius 2 is 2.00 bits per heavy atom. The van der Waals surface area contributed by atoms with Gasteiger partial charge in [0.25, 0.3) is 5.91 Å². The van der Waals surface area contributed by atoms with Crippen LogP contribution in [-0.4, -0.2) is 40.6 Å². The van der Waals surface area contributed by atoms with Gasteiger partial charge in [-0.05, 0) is 26.7 Å².